The van der Waals surface area contributed by atoms with Crippen molar-refractivity contribution in [2.75, 3.05) is 20.8 Å². The summed E-state index contributed by atoms with van der Waals surface area (Å²) >= 11 is 0.955. The Hall–Kier alpha value is -4.10. The Balaban J connectivity index is 1.55. The van der Waals surface area contributed by atoms with E-state index in [1.54, 1.807) is 48.5 Å². The van der Waals surface area contributed by atoms with Gasteiger partial charge in [0.2, 0.25) is 17.5 Å². The summed E-state index contributed by atoms with van der Waals surface area (Å²) in [7, 11) is 2.50. The molecule has 17 heteroatoms. The highest BCUT2D eigenvalue weighted by Crippen LogP contribution is 2.68. The fourth-order valence-corrected chi connectivity index (χ4v) is 10.4. The molecule has 2 aromatic rings. The Morgan fingerprint density at radius 2 is 1.42 bits per heavy atom. The summed E-state index contributed by atoms with van der Waals surface area (Å²) in [5, 5.41) is 25.6. The van der Waals surface area contributed by atoms with E-state index in [0.717, 1.165) is 25.6 Å². The van der Waals surface area contributed by atoms with E-state index < -0.39 is 113 Å². The largest absolute Gasteiger partial charge is 0.469 e. The van der Waals surface area contributed by atoms with E-state index in [2.05, 4.69) is 5.32 Å². The van der Waals surface area contributed by atoms with Crippen molar-refractivity contribution >= 4 is 41.5 Å². The summed E-state index contributed by atoms with van der Waals surface area (Å²) in [6, 6.07) is 16.6. The quantitative estimate of drug-likeness (QED) is 0.217. The van der Waals surface area contributed by atoms with Crippen LogP contribution in [0.2, 0.25) is 0 Å². The summed E-state index contributed by atoms with van der Waals surface area (Å²) < 4.78 is 48.8. The monoisotopic (exact) mass is 787 g/mol. The smallest absolute Gasteiger partial charge is 0.310 e. The molecule has 2 heterocycles. The molecular formula is C38H45NO15S. The molecule has 0 aromatic heterocycles. The Bertz CT molecular complexity index is 1720. The van der Waals surface area contributed by atoms with E-state index >= 15 is 0 Å². The van der Waals surface area contributed by atoms with Crippen LogP contribution >= 0.6 is 11.8 Å². The fraction of sp³-hybridized carbons (Fsp3) is 0.553. The number of hydrogen-bond acceptors (Lipinski definition) is 16. The predicted molar refractivity (Wildman–Crippen MR) is 189 cm³/mol. The molecule has 5 fully saturated rings. The molecule has 0 radical (unpaired) electrons. The lowest BCUT2D eigenvalue weighted by Crippen LogP contribution is -2.80. The van der Waals surface area contributed by atoms with Crippen LogP contribution in [-0.2, 0) is 67.7 Å². The number of fused-ring (bicyclic) bond motifs is 2. The first kappa shape index (κ1) is 40.6. The Morgan fingerprint density at radius 3 is 1.93 bits per heavy atom. The molecule has 3 N–H and O–H groups in total. The molecule has 12 atom stereocenters. The van der Waals surface area contributed by atoms with Crippen LogP contribution < -0.4 is 5.32 Å². The van der Waals surface area contributed by atoms with Crippen molar-refractivity contribution in [2.24, 2.45) is 11.8 Å². The van der Waals surface area contributed by atoms with Gasteiger partial charge in [0.05, 0.1) is 24.4 Å². The standard InChI is InChI=1S/C38H45NO15S/c1-19(40)39-29-31(51-22(4)43)30(50-21(3)42)26(18-49-20(2)41)52-35(29)55-33-28(34(46)47-5)27-25(44)17-36(33)38(48-6,32(27)45)54-37(53-36,23-13-9-7-10-14-23)24-15-11-8-12-16-24/h7-16,25-33,35,44-45H,17-18H2,1-6H3,(H,39,40)/t25-,26-,27+,28+,29-,30-,31-,32-,33-,35+,36+,38+/m1/s1. The van der Waals surface area contributed by atoms with Gasteiger partial charge in [-0.2, -0.15) is 0 Å². The first-order valence-electron chi connectivity index (χ1n) is 17.7. The number of ether oxygens (including phenoxy) is 8. The van der Waals surface area contributed by atoms with Gasteiger partial charge in [-0.1, -0.05) is 60.7 Å². The average Bonchev–Trinajstić information content (AvgIpc) is 3.47. The first-order chi connectivity index (χ1) is 26.1. The van der Waals surface area contributed by atoms with Crippen molar-refractivity contribution in [3.63, 3.8) is 0 Å². The molecule has 1 spiro atoms. The van der Waals surface area contributed by atoms with Crippen molar-refractivity contribution in [1.82, 2.24) is 5.32 Å². The van der Waals surface area contributed by atoms with E-state index in [1.807, 2.05) is 12.1 Å². The number of benzene rings is 2. The van der Waals surface area contributed by atoms with Gasteiger partial charge in [-0.15, -0.1) is 11.8 Å². The Kier molecular flexibility index (Phi) is 11.7. The molecule has 2 saturated heterocycles. The Labute approximate surface area is 321 Å². The minimum atomic E-state index is -2.05. The summed E-state index contributed by atoms with van der Waals surface area (Å²) in [5.41, 5.74) is -2.14. The van der Waals surface area contributed by atoms with Crippen LogP contribution in [0, 0.1) is 11.8 Å². The maximum absolute atomic E-state index is 14.0. The molecule has 5 aliphatic rings. The maximum atomic E-state index is 14.0. The van der Waals surface area contributed by atoms with Crippen LogP contribution in [0.4, 0.5) is 0 Å². The fourth-order valence-electron chi connectivity index (χ4n) is 8.57. The van der Waals surface area contributed by atoms with Gasteiger partial charge in [0.15, 0.2) is 12.2 Å². The number of carbonyl (C=O) groups excluding carboxylic acids is 5. The van der Waals surface area contributed by atoms with Crippen LogP contribution in [0.1, 0.15) is 45.2 Å². The normalized spacial score (nSPS) is 35.9. The third-order valence-electron chi connectivity index (χ3n) is 10.6. The number of thioether (sulfide) groups is 1. The molecule has 2 aromatic carbocycles. The second kappa shape index (κ2) is 15.8. The number of amides is 1. The molecule has 2 aliphatic heterocycles. The number of carbonyl (C=O) groups is 5. The first-order valence-corrected chi connectivity index (χ1v) is 18.6. The van der Waals surface area contributed by atoms with Crippen molar-refractivity contribution < 1.29 is 72.1 Å². The molecule has 3 saturated carbocycles. The van der Waals surface area contributed by atoms with Crippen LogP contribution in [0.5, 0.6) is 0 Å². The highest BCUT2D eigenvalue weighted by molar-refractivity contribution is 8.00. The molecule has 3 aliphatic carbocycles. The molecule has 16 nitrogen and oxygen atoms in total. The zero-order chi connectivity index (χ0) is 39.9. The SMILES string of the molecule is COC(=O)[C@H]1[C@@H]2[C@H](O)C[C@]3(OC(c4ccccc4)(c4ccccc4)O[C@@]3(OC)[C@@H]2O)[C@@H]1S[C@@H]1O[C@H](COC(C)=O)[C@@H](OC(C)=O)[C@H](OC(C)=O)[C@H]1NC(C)=O. The van der Waals surface area contributed by atoms with Crippen molar-refractivity contribution in [2.45, 2.75) is 98.5 Å². The number of nitrogens with one attached hydrogen (secondary N) is 1. The Morgan fingerprint density at radius 1 is 0.836 bits per heavy atom. The number of aliphatic hydroxyl groups excluding tert-OH is 2. The molecule has 55 heavy (non-hydrogen) atoms. The number of hydrogen-bond donors (Lipinski definition) is 3. The lowest BCUT2D eigenvalue weighted by atomic mass is 9.55. The third-order valence-corrected chi connectivity index (χ3v) is 12.2. The van der Waals surface area contributed by atoms with Gasteiger partial charge in [0, 0.05) is 58.3 Å². The van der Waals surface area contributed by atoms with Gasteiger partial charge in [0.1, 0.15) is 35.9 Å². The summed E-state index contributed by atoms with van der Waals surface area (Å²) in [6.45, 7) is 4.19. The van der Waals surface area contributed by atoms with Crippen molar-refractivity contribution in [1.29, 1.82) is 0 Å². The van der Waals surface area contributed by atoms with Gasteiger partial charge in [-0.3, -0.25) is 24.0 Å². The van der Waals surface area contributed by atoms with Gasteiger partial charge >= 0.3 is 23.9 Å². The topological polar surface area (TPSA) is 212 Å². The van der Waals surface area contributed by atoms with Crippen LogP contribution in [0.25, 0.3) is 0 Å². The molecular weight excluding hydrogens is 742 g/mol. The maximum Gasteiger partial charge on any atom is 0.310 e. The highest BCUT2D eigenvalue weighted by atomic mass is 32.2. The van der Waals surface area contributed by atoms with Gasteiger partial charge < -0.3 is 53.4 Å². The average molecular weight is 788 g/mol. The van der Waals surface area contributed by atoms with E-state index in [1.165, 1.54) is 28.1 Å². The minimum Gasteiger partial charge on any atom is -0.469 e. The van der Waals surface area contributed by atoms with Gasteiger partial charge in [-0.25, -0.2) is 0 Å². The molecule has 7 rings (SSSR count). The minimum absolute atomic E-state index is 0.215. The van der Waals surface area contributed by atoms with E-state index in [0.29, 0.717) is 11.1 Å². The molecule has 298 valence electrons. The zero-order valence-electron chi connectivity index (χ0n) is 31.1. The van der Waals surface area contributed by atoms with E-state index in [4.69, 9.17) is 37.9 Å². The molecule has 0 unspecified atom stereocenters. The summed E-state index contributed by atoms with van der Waals surface area (Å²) in [4.78, 5) is 63.8. The second-order valence-electron chi connectivity index (χ2n) is 13.9. The lowest BCUT2D eigenvalue weighted by Gasteiger charge is -2.62. The molecule has 1 amide bonds. The number of rotatable bonds is 11. The van der Waals surface area contributed by atoms with Crippen LogP contribution in [0.15, 0.2) is 60.7 Å². The highest BCUT2D eigenvalue weighted by Gasteiger charge is 2.83. The third kappa shape index (κ3) is 7.00. The van der Waals surface area contributed by atoms with Crippen molar-refractivity contribution in [3.05, 3.63) is 71.8 Å². The number of methoxy groups -OCH3 is 2. The molecule has 2 bridgehead atoms. The van der Waals surface area contributed by atoms with E-state index in [9.17, 15) is 34.2 Å². The summed E-state index contributed by atoms with van der Waals surface area (Å²) in [5.74, 6) is -10.00. The van der Waals surface area contributed by atoms with Crippen molar-refractivity contribution in [3.8, 4) is 0 Å². The van der Waals surface area contributed by atoms with Crippen LogP contribution in [-0.4, -0.2) is 119 Å². The summed E-state index contributed by atoms with van der Waals surface area (Å²) in [6.07, 6.45) is -7.23. The van der Waals surface area contributed by atoms with E-state index in [-0.39, 0.29) is 6.42 Å². The number of aliphatic hydroxyl groups is 2. The lowest BCUT2D eigenvalue weighted by molar-refractivity contribution is -0.349. The predicted octanol–water partition coefficient (Wildman–Crippen LogP) is 1.32. The van der Waals surface area contributed by atoms with Gasteiger partial charge in [0.25, 0.3) is 0 Å². The van der Waals surface area contributed by atoms with Gasteiger partial charge in [-0.05, 0) is 0 Å². The zero-order valence-corrected chi connectivity index (χ0v) is 31.9. The number of esters is 4. The second-order valence-corrected chi connectivity index (χ2v) is 15.2. The van der Waals surface area contributed by atoms with Crippen LogP contribution in [0.3, 0.4) is 0 Å².